The second kappa shape index (κ2) is 8.09. The molecule has 0 aromatic heterocycles. The van der Waals surface area contributed by atoms with Gasteiger partial charge >= 0.3 is 0 Å². The fourth-order valence-corrected chi connectivity index (χ4v) is 1.58. The Labute approximate surface area is 104 Å². The molecule has 0 radical (unpaired) electrons. The minimum Gasteiger partial charge on any atom is -0.492 e. The Morgan fingerprint density at radius 3 is 2.29 bits per heavy atom. The van der Waals surface area contributed by atoms with Gasteiger partial charge in [0.15, 0.2) is 0 Å². The Bertz CT molecular complexity index is 298. The van der Waals surface area contributed by atoms with Gasteiger partial charge in [-0.3, -0.25) is 4.90 Å². The van der Waals surface area contributed by atoms with E-state index in [1.54, 1.807) is 7.11 Å². The summed E-state index contributed by atoms with van der Waals surface area (Å²) in [5.41, 5.74) is 1.26. The quantitative estimate of drug-likeness (QED) is 0.692. The first-order chi connectivity index (χ1) is 8.26. The molecule has 1 aromatic carbocycles. The van der Waals surface area contributed by atoms with E-state index >= 15 is 0 Å². The third kappa shape index (κ3) is 5.71. The molecule has 0 heterocycles. The first kappa shape index (κ1) is 14.0. The third-order valence-corrected chi connectivity index (χ3v) is 2.76. The Hall–Kier alpha value is -1.06. The van der Waals surface area contributed by atoms with E-state index in [1.807, 2.05) is 12.1 Å². The molecule has 0 aliphatic heterocycles. The van der Waals surface area contributed by atoms with E-state index in [0.717, 1.165) is 38.6 Å². The maximum atomic E-state index is 5.69. The van der Waals surface area contributed by atoms with Gasteiger partial charge in [-0.1, -0.05) is 24.6 Å². The van der Waals surface area contributed by atoms with Crippen LogP contribution in [0.15, 0.2) is 24.3 Å². The van der Waals surface area contributed by atoms with Crippen LogP contribution in [-0.2, 0) is 4.74 Å². The Morgan fingerprint density at radius 2 is 1.71 bits per heavy atom. The standard InChI is InChI=1S/C14H23NO2/c1-4-15(9-11-16-3)10-12-17-14-7-5-13(2)6-8-14/h5-8H,4,9-12H2,1-3H3. The predicted molar refractivity (Wildman–Crippen MR) is 70.7 cm³/mol. The van der Waals surface area contributed by atoms with Gasteiger partial charge in [0.2, 0.25) is 0 Å². The maximum Gasteiger partial charge on any atom is 0.119 e. The fourth-order valence-electron chi connectivity index (χ4n) is 1.58. The molecule has 0 aliphatic carbocycles. The van der Waals surface area contributed by atoms with Gasteiger partial charge in [0.25, 0.3) is 0 Å². The lowest BCUT2D eigenvalue weighted by atomic mass is 10.2. The molecule has 96 valence electrons. The highest BCUT2D eigenvalue weighted by Gasteiger charge is 2.01. The van der Waals surface area contributed by atoms with Gasteiger partial charge in [-0.25, -0.2) is 0 Å². The molecular formula is C14H23NO2. The molecule has 0 amide bonds. The number of hydrogen-bond acceptors (Lipinski definition) is 3. The van der Waals surface area contributed by atoms with Crippen LogP contribution in [0.1, 0.15) is 12.5 Å². The van der Waals surface area contributed by atoms with Gasteiger partial charge in [-0.05, 0) is 25.6 Å². The number of benzene rings is 1. The SMILES string of the molecule is CCN(CCOC)CCOc1ccc(C)cc1. The average Bonchev–Trinajstić information content (AvgIpc) is 2.36. The maximum absolute atomic E-state index is 5.69. The van der Waals surface area contributed by atoms with Crippen LogP contribution in [0.2, 0.25) is 0 Å². The lowest BCUT2D eigenvalue weighted by Gasteiger charge is -2.19. The normalized spacial score (nSPS) is 10.8. The van der Waals surface area contributed by atoms with E-state index in [-0.39, 0.29) is 0 Å². The zero-order chi connectivity index (χ0) is 12.5. The summed E-state index contributed by atoms with van der Waals surface area (Å²) in [6.07, 6.45) is 0. The first-order valence-corrected chi connectivity index (χ1v) is 6.17. The van der Waals surface area contributed by atoms with Crippen molar-refractivity contribution in [3.05, 3.63) is 29.8 Å². The van der Waals surface area contributed by atoms with E-state index in [2.05, 4.69) is 30.9 Å². The minimum atomic E-state index is 0.723. The summed E-state index contributed by atoms with van der Waals surface area (Å²) < 4.78 is 10.8. The topological polar surface area (TPSA) is 21.7 Å². The molecule has 0 aliphatic rings. The van der Waals surface area contributed by atoms with Crippen LogP contribution in [0.25, 0.3) is 0 Å². The summed E-state index contributed by atoms with van der Waals surface area (Å²) in [5, 5.41) is 0. The van der Waals surface area contributed by atoms with Crippen LogP contribution in [0.4, 0.5) is 0 Å². The highest BCUT2D eigenvalue weighted by atomic mass is 16.5. The summed E-state index contributed by atoms with van der Waals surface area (Å²) in [5.74, 6) is 0.943. The van der Waals surface area contributed by atoms with Gasteiger partial charge in [0.1, 0.15) is 12.4 Å². The number of methoxy groups -OCH3 is 1. The molecular weight excluding hydrogens is 214 g/mol. The Morgan fingerprint density at radius 1 is 1.06 bits per heavy atom. The predicted octanol–water partition coefficient (Wildman–Crippen LogP) is 2.34. The largest absolute Gasteiger partial charge is 0.492 e. The first-order valence-electron chi connectivity index (χ1n) is 6.17. The van der Waals surface area contributed by atoms with Gasteiger partial charge in [-0.2, -0.15) is 0 Å². The van der Waals surface area contributed by atoms with E-state index in [4.69, 9.17) is 9.47 Å². The number of aryl methyl sites for hydroxylation is 1. The number of ether oxygens (including phenoxy) is 2. The third-order valence-electron chi connectivity index (χ3n) is 2.76. The molecule has 1 aromatic rings. The van der Waals surface area contributed by atoms with Crippen molar-refractivity contribution >= 4 is 0 Å². The summed E-state index contributed by atoms with van der Waals surface area (Å²) in [4.78, 5) is 2.32. The molecule has 17 heavy (non-hydrogen) atoms. The zero-order valence-corrected chi connectivity index (χ0v) is 11.1. The Kier molecular flexibility index (Phi) is 6.67. The molecule has 0 N–H and O–H groups in total. The second-order valence-corrected chi connectivity index (χ2v) is 4.09. The summed E-state index contributed by atoms with van der Waals surface area (Å²) in [6, 6.07) is 8.16. The van der Waals surface area contributed by atoms with Crippen LogP contribution in [0.3, 0.4) is 0 Å². The molecule has 0 atom stereocenters. The van der Waals surface area contributed by atoms with Crippen molar-refractivity contribution in [3.8, 4) is 5.75 Å². The molecule has 0 unspecified atom stereocenters. The van der Waals surface area contributed by atoms with Gasteiger partial charge in [0, 0.05) is 20.2 Å². The highest BCUT2D eigenvalue weighted by Crippen LogP contribution is 2.11. The van der Waals surface area contributed by atoms with Gasteiger partial charge in [-0.15, -0.1) is 0 Å². The minimum absolute atomic E-state index is 0.723. The molecule has 0 saturated carbocycles. The van der Waals surface area contributed by atoms with Crippen LogP contribution < -0.4 is 4.74 Å². The number of likely N-dealkylation sites (N-methyl/N-ethyl adjacent to an activating group) is 1. The van der Waals surface area contributed by atoms with E-state index in [9.17, 15) is 0 Å². The second-order valence-electron chi connectivity index (χ2n) is 4.09. The lowest BCUT2D eigenvalue weighted by Crippen LogP contribution is -2.31. The monoisotopic (exact) mass is 237 g/mol. The molecule has 3 heteroatoms. The van der Waals surface area contributed by atoms with Crippen molar-refractivity contribution in [3.63, 3.8) is 0 Å². The molecule has 0 spiro atoms. The molecule has 0 saturated heterocycles. The van der Waals surface area contributed by atoms with E-state index < -0.39 is 0 Å². The van der Waals surface area contributed by atoms with Crippen molar-refractivity contribution in [2.75, 3.05) is 40.0 Å². The van der Waals surface area contributed by atoms with Crippen LogP contribution in [-0.4, -0.2) is 44.9 Å². The molecule has 0 fully saturated rings. The van der Waals surface area contributed by atoms with E-state index in [1.165, 1.54) is 5.56 Å². The zero-order valence-electron chi connectivity index (χ0n) is 11.1. The smallest absolute Gasteiger partial charge is 0.119 e. The summed E-state index contributed by atoms with van der Waals surface area (Å²) in [6.45, 7) is 8.66. The van der Waals surface area contributed by atoms with Crippen molar-refractivity contribution in [1.29, 1.82) is 0 Å². The summed E-state index contributed by atoms with van der Waals surface area (Å²) >= 11 is 0. The van der Waals surface area contributed by atoms with Crippen LogP contribution in [0.5, 0.6) is 5.75 Å². The number of nitrogens with zero attached hydrogens (tertiary/aromatic N) is 1. The van der Waals surface area contributed by atoms with Crippen molar-refractivity contribution < 1.29 is 9.47 Å². The summed E-state index contributed by atoms with van der Waals surface area (Å²) in [7, 11) is 1.73. The van der Waals surface area contributed by atoms with Crippen LogP contribution >= 0.6 is 0 Å². The van der Waals surface area contributed by atoms with Gasteiger partial charge in [0.05, 0.1) is 6.61 Å². The highest BCUT2D eigenvalue weighted by molar-refractivity contribution is 5.26. The van der Waals surface area contributed by atoms with Crippen molar-refractivity contribution in [1.82, 2.24) is 4.90 Å². The van der Waals surface area contributed by atoms with Crippen molar-refractivity contribution in [2.24, 2.45) is 0 Å². The van der Waals surface area contributed by atoms with Crippen LogP contribution in [0, 0.1) is 6.92 Å². The average molecular weight is 237 g/mol. The fraction of sp³-hybridized carbons (Fsp3) is 0.571. The van der Waals surface area contributed by atoms with Gasteiger partial charge < -0.3 is 9.47 Å². The number of hydrogen-bond donors (Lipinski definition) is 0. The molecule has 1 rings (SSSR count). The lowest BCUT2D eigenvalue weighted by molar-refractivity contribution is 0.138. The van der Waals surface area contributed by atoms with Crippen molar-refractivity contribution in [2.45, 2.75) is 13.8 Å². The van der Waals surface area contributed by atoms with E-state index in [0.29, 0.717) is 0 Å². The number of rotatable bonds is 8. The molecule has 3 nitrogen and oxygen atoms in total. The molecule has 0 bridgehead atoms. The Balaban J connectivity index is 2.23.